The Morgan fingerprint density at radius 2 is 2.29 bits per heavy atom. The second-order valence-electron chi connectivity index (χ2n) is 4.77. The van der Waals surface area contributed by atoms with Crippen molar-refractivity contribution < 1.29 is 5.11 Å². The van der Waals surface area contributed by atoms with Gasteiger partial charge in [-0.25, -0.2) is 0 Å². The number of aromatic nitrogens is 3. The Kier molecular flexibility index (Phi) is 2.33. The molecular formula is C13H17N3O. The lowest BCUT2D eigenvalue weighted by molar-refractivity contribution is 0.156. The first kappa shape index (κ1) is 10.6. The Morgan fingerprint density at radius 3 is 3.00 bits per heavy atom. The number of hydrogen-bond donors (Lipinski definition) is 1. The second kappa shape index (κ2) is 3.74. The largest absolute Gasteiger partial charge is 0.388 e. The van der Waals surface area contributed by atoms with Crippen molar-refractivity contribution in [3.63, 3.8) is 0 Å². The van der Waals surface area contributed by atoms with E-state index in [0.717, 1.165) is 36.2 Å². The Balaban J connectivity index is 2.13. The zero-order valence-electron chi connectivity index (χ0n) is 10.2. The van der Waals surface area contributed by atoms with Gasteiger partial charge in [-0.1, -0.05) is 0 Å². The molecule has 4 heteroatoms. The van der Waals surface area contributed by atoms with Gasteiger partial charge in [-0.15, -0.1) is 0 Å². The summed E-state index contributed by atoms with van der Waals surface area (Å²) in [5, 5.41) is 14.3. The van der Waals surface area contributed by atoms with Crippen molar-refractivity contribution >= 4 is 0 Å². The van der Waals surface area contributed by atoms with Gasteiger partial charge >= 0.3 is 0 Å². The van der Waals surface area contributed by atoms with Gasteiger partial charge in [0, 0.05) is 30.7 Å². The Morgan fingerprint density at radius 1 is 1.47 bits per heavy atom. The van der Waals surface area contributed by atoms with Crippen LogP contribution in [-0.2, 0) is 13.5 Å². The quantitative estimate of drug-likeness (QED) is 0.814. The first-order valence-corrected chi connectivity index (χ1v) is 6.05. The zero-order valence-corrected chi connectivity index (χ0v) is 10.2. The van der Waals surface area contributed by atoms with Crippen LogP contribution in [0.4, 0.5) is 0 Å². The number of fused-ring (bicyclic) bond motifs is 1. The molecule has 1 aliphatic carbocycles. The van der Waals surface area contributed by atoms with Crippen molar-refractivity contribution in [2.24, 2.45) is 7.05 Å². The van der Waals surface area contributed by atoms with E-state index in [4.69, 9.17) is 0 Å². The van der Waals surface area contributed by atoms with Gasteiger partial charge in [0.15, 0.2) is 0 Å². The van der Waals surface area contributed by atoms with Gasteiger partial charge in [0.2, 0.25) is 0 Å². The lowest BCUT2D eigenvalue weighted by Crippen LogP contribution is -2.11. The van der Waals surface area contributed by atoms with E-state index in [1.807, 2.05) is 37.1 Å². The first-order valence-electron chi connectivity index (χ1n) is 6.05. The molecule has 90 valence electrons. The van der Waals surface area contributed by atoms with Gasteiger partial charge in [-0.3, -0.25) is 4.68 Å². The topological polar surface area (TPSA) is 43.0 Å². The smallest absolute Gasteiger partial charge is 0.0865 e. The normalized spacial score (nSPS) is 19.4. The van der Waals surface area contributed by atoms with E-state index in [-0.39, 0.29) is 6.10 Å². The Labute approximate surface area is 100 Å². The average Bonchev–Trinajstić information content (AvgIpc) is 2.83. The van der Waals surface area contributed by atoms with Gasteiger partial charge < -0.3 is 9.67 Å². The summed E-state index contributed by atoms with van der Waals surface area (Å²) in [6.45, 7) is 2.01. The van der Waals surface area contributed by atoms with Gasteiger partial charge in [0.25, 0.3) is 0 Å². The summed E-state index contributed by atoms with van der Waals surface area (Å²) in [6, 6.07) is 2.03. The van der Waals surface area contributed by atoms with Crippen LogP contribution in [0.1, 0.15) is 35.9 Å². The fourth-order valence-corrected chi connectivity index (χ4v) is 2.72. The molecule has 0 spiro atoms. The van der Waals surface area contributed by atoms with E-state index in [1.54, 1.807) is 0 Å². The average molecular weight is 231 g/mol. The lowest BCUT2D eigenvalue weighted by Gasteiger charge is -2.19. The SMILES string of the molecule is Cc1nn(C)cc1-n1ccc2c1CCCC2O. The van der Waals surface area contributed by atoms with Gasteiger partial charge in [0.05, 0.1) is 17.5 Å². The molecule has 1 N–H and O–H groups in total. The molecule has 2 aromatic heterocycles. The van der Waals surface area contributed by atoms with Crippen LogP contribution in [0.3, 0.4) is 0 Å². The molecule has 1 unspecified atom stereocenters. The van der Waals surface area contributed by atoms with E-state index < -0.39 is 0 Å². The molecule has 0 amide bonds. The fourth-order valence-electron chi connectivity index (χ4n) is 2.72. The van der Waals surface area contributed by atoms with Gasteiger partial charge in [0.1, 0.15) is 0 Å². The standard InChI is InChI=1S/C13H17N3O/c1-9-12(8-15(2)14-9)16-7-6-10-11(16)4-3-5-13(10)17/h6-8,13,17H,3-5H2,1-2H3. The molecule has 0 saturated carbocycles. The highest BCUT2D eigenvalue weighted by molar-refractivity contribution is 5.41. The molecule has 0 radical (unpaired) electrons. The van der Waals surface area contributed by atoms with Crippen LogP contribution in [0.5, 0.6) is 0 Å². The van der Waals surface area contributed by atoms with E-state index >= 15 is 0 Å². The van der Waals surface area contributed by atoms with Crippen LogP contribution in [0.2, 0.25) is 0 Å². The predicted octanol–water partition coefficient (Wildman–Crippen LogP) is 1.89. The molecular weight excluding hydrogens is 214 g/mol. The first-order chi connectivity index (χ1) is 8.16. The third-order valence-electron chi connectivity index (χ3n) is 3.52. The number of aliphatic hydroxyl groups is 1. The summed E-state index contributed by atoms with van der Waals surface area (Å²) < 4.78 is 4.00. The van der Waals surface area contributed by atoms with Crippen LogP contribution >= 0.6 is 0 Å². The second-order valence-corrected chi connectivity index (χ2v) is 4.77. The molecule has 0 bridgehead atoms. The van der Waals surface area contributed by atoms with Crippen molar-refractivity contribution in [3.05, 3.63) is 35.4 Å². The molecule has 0 fully saturated rings. The third kappa shape index (κ3) is 1.60. The number of hydrogen-bond acceptors (Lipinski definition) is 2. The molecule has 2 aromatic rings. The summed E-state index contributed by atoms with van der Waals surface area (Å²) in [6.07, 6.45) is 6.74. The molecule has 0 saturated heterocycles. The van der Waals surface area contributed by atoms with Gasteiger partial charge in [-0.05, 0) is 32.3 Å². The number of aliphatic hydroxyl groups excluding tert-OH is 1. The van der Waals surface area contributed by atoms with E-state index in [2.05, 4.69) is 9.67 Å². The molecule has 0 aliphatic heterocycles. The molecule has 2 heterocycles. The maximum atomic E-state index is 9.96. The van der Waals surface area contributed by atoms with Crippen LogP contribution in [0.15, 0.2) is 18.5 Å². The van der Waals surface area contributed by atoms with Crippen molar-refractivity contribution in [1.82, 2.24) is 14.3 Å². The third-order valence-corrected chi connectivity index (χ3v) is 3.52. The maximum Gasteiger partial charge on any atom is 0.0865 e. The minimum absolute atomic E-state index is 0.294. The van der Waals surface area contributed by atoms with Crippen molar-refractivity contribution in [2.45, 2.75) is 32.3 Å². The molecule has 0 aromatic carbocycles. The van der Waals surface area contributed by atoms with E-state index in [9.17, 15) is 5.11 Å². The van der Waals surface area contributed by atoms with Crippen molar-refractivity contribution in [3.8, 4) is 5.69 Å². The maximum absolute atomic E-state index is 9.96. The number of nitrogens with zero attached hydrogens (tertiary/aromatic N) is 3. The molecule has 3 rings (SSSR count). The predicted molar refractivity (Wildman–Crippen MR) is 65.2 cm³/mol. The van der Waals surface area contributed by atoms with Crippen LogP contribution < -0.4 is 0 Å². The van der Waals surface area contributed by atoms with Gasteiger partial charge in [-0.2, -0.15) is 5.10 Å². The summed E-state index contributed by atoms with van der Waals surface area (Å²) in [4.78, 5) is 0. The fraction of sp³-hybridized carbons (Fsp3) is 0.462. The Hall–Kier alpha value is -1.55. The molecule has 1 aliphatic rings. The van der Waals surface area contributed by atoms with E-state index in [0.29, 0.717) is 0 Å². The minimum Gasteiger partial charge on any atom is -0.388 e. The highest BCUT2D eigenvalue weighted by atomic mass is 16.3. The van der Waals surface area contributed by atoms with Crippen molar-refractivity contribution in [2.75, 3.05) is 0 Å². The highest BCUT2D eigenvalue weighted by Crippen LogP contribution is 2.32. The highest BCUT2D eigenvalue weighted by Gasteiger charge is 2.22. The summed E-state index contributed by atoms with van der Waals surface area (Å²) in [5.41, 5.74) is 4.45. The summed E-state index contributed by atoms with van der Waals surface area (Å²) in [5.74, 6) is 0. The molecule has 1 atom stereocenters. The zero-order chi connectivity index (χ0) is 12.0. The van der Waals surface area contributed by atoms with E-state index in [1.165, 1.54) is 5.69 Å². The monoisotopic (exact) mass is 231 g/mol. The van der Waals surface area contributed by atoms with Crippen LogP contribution in [0, 0.1) is 6.92 Å². The van der Waals surface area contributed by atoms with Crippen molar-refractivity contribution in [1.29, 1.82) is 0 Å². The summed E-state index contributed by atoms with van der Waals surface area (Å²) >= 11 is 0. The minimum atomic E-state index is -0.294. The number of aryl methyl sites for hydroxylation is 2. The molecule has 17 heavy (non-hydrogen) atoms. The van der Waals surface area contributed by atoms with Crippen LogP contribution in [0.25, 0.3) is 5.69 Å². The lowest BCUT2D eigenvalue weighted by atomic mass is 9.95. The molecule has 4 nitrogen and oxygen atoms in total. The Bertz CT molecular complexity index is 553. The summed E-state index contributed by atoms with van der Waals surface area (Å²) in [7, 11) is 1.93. The van der Waals surface area contributed by atoms with Crippen LogP contribution in [-0.4, -0.2) is 19.5 Å². The number of rotatable bonds is 1.